The molecule has 17 heavy (non-hydrogen) atoms. The number of hydrogen-bond donors (Lipinski definition) is 1. The van der Waals surface area contributed by atoms with Gasteiger partial charge in [-0.15, -0.1) is 0 Å². The van der Waals surface area contributed by atoms with Gasteiger partial charge in [-0.25, -0.2) is 0 Å². The highest BCUT2D eigenvalue weighted by molar-refractivity contribution is 9.10. The zero-order valence-electron chi connectivity index (χ0n) is 10.1. The van der Waals surface area contributed by atoms with Crippen LogP contribution < -0.4 is 5.32 Å². The average molecular weight is 290 g/mol. The summed E-state index contributed by atoms with van der Waals surface area (Å²) >= 11 is 3.61. The minimum Gasteiger partial charge on any atom is -0.380 e. The Morgan fingerprint density at radius 2 is 1.76 bits per heavy atom. The van der Waals surface area contributed by atoms with Crippen molar-refractivity contribution < 1.29 is 0 Å². The molecule has 0 heterocycles. The molecule has 1 N–H and O–H groups in total. The molecule has 0 bridgehead atoms. The lowest BCUT2D eigenvalue weighted by Crippen LogP contribution is -2.02. The van der Waals surface area contributed by atoms with Crippen LogP contribution in [-0.4, -0.2) is 0 Å². The third-order valence-electron chi connectivity index (χ3n) is 2.74. The van der Waals surface area contributed by atoms with Crippen LogP contribution in [0.1, 0.15) is 16.7 Å². The summed E-state index contributed by atoms with van der Waals surface area (Å²) in [5, 5.41) is 3.48. The molecule has 0 amide bonds. The Bertz CT molecular complexity index is 483. The van der Waals surface area contributed by atoms with E-state index in [0.717, 1.165) is 11.0 Å². The Hall–Kier alpha value is -1.28. The van der Waals surface area contributed by atoms with E-state index in [2.05, 4.69) is 71.5 Å². The molecular weight excluding hydrogens is 274 g/mol. The molecule has 2 heteroatoms. The first-order valence-electron chi connectivity index (χ1n) is 5.71. The lowest BCUT2D eigenvalue weighted by Gasteiger charge is -2.12. The Kier molecular flexibility index (Phi) is 3.85. The second-order valence-electron chi connectivity index (χ2n) is 4.28. The largest absolute Gasteiger partial charge is 0.380 e. The summed E-state index contributed by atoms with van der Waals surface area (Å²) in [5.41, 5.74) is 5.02. The summed E-state index contributed by atoms with van der Waals surface area (Å²) in [4.78, 5) is 0. The summed E-state index contributed by atoms with van der Waals surface area (Å²) in [6.07, 6.45) is 0. The molecule has 0 saturated heterocycles. The second kappa shape index (κ2) is 5.37. The molecule has 0 fully saturated rings. The van der Waals surface area contributed by atoms with Crippen molar-refractivity contribution >= 4 is 21.6 Å². The summed E-state index contributed by atoms with van der Waals surface area (Å²) in [5.74, 6) is 0. The monoisotopic (exact) mass is 289 g/mol. The van der Waals surface area contributed by atoms with E-state index < -0.39 is 0 Å². The molecule has 2 rings (SSSR count). The quantitative estimate of drug-likeness (QED) is 0.865. The topological polar surface area (TPSA) is 12.0 Å². The van der Waals surface area contributed by atoms with Gasteiger partial charge < -0.3 is 5.32 Å². The lowest BCUT2D eigenvalue weighted by molar-refractivity contribution is 1.13. The maximum atomic E-state index is 3.61. The summed E-state index contributed by atoms with van der Waals surface area (Å²) in [7, 11) is 0. The van der Waals surface area contributed by atoms with Crippen LogP contribution in [0, 0.1) is 13.8 Å². The van der Waals surface area contributed by atoms with Crippen LogP contribution in [0.5, 0.6) is 0 Å². The standard InChI is InChI=1S/C15H16BrN/c1-11-8-12(2)15(14(16)9-11)17-10-13-6-4-3-5-7-13/h3-9,17H,10H2,1-2H3. The van der Waals surface area contributed by atoms with Gasteiger partial charge in [0.15, 0.2) is 0 Å². The molecule has 2 aromatic carbocycles. The predicted octanol–water partition coefficient (Wildman–Crippen LogP) is 4.68. The number of anilines is 1. The smallest absolute Gasteiger partial charge is 0.0517 e. The summed E-state index contributed by atoms with van der Waals surface area (Å²) < 4.78 is 1.13. The van der Waals surface area contributed by atoms with E-state index >= 15 is 0 Å². The molecule has 0 radical (unpaired) electrons. The van der Waals surface area contributed by atoms with Crippen LogP contribution in [-0.2, 0) is 6.54 Å². The van der Waals surface area contributed by atoms with Crippen molar-refractivity contribution in [1.82, 2.24) is 0 Å². The van der Waals surface area contributed by atoms with Gasteiger partial charge >= 0.3 is 0 Å². The number of aryl methyl sites for hydroxylation is 2. The van der Waals surface area contributed by atoms with Gasteiger partial charge in [0.05, 0.1) is 5.69 Å². The minimum atomic E-state index is 0.851. The van der Waals surface area contributed by atoms with Crippen molar-refractivity contribution in [2.75, 3.05) is 5.32 Å². The molecule has 0 spiro atoms. The Morgan fingerprint density at radius 1 is 1.06 bits per heavy atom. The minimum absolute atomic E-state index is 0.851. The van der Waals surface area contributed by atoms with Crippen LogP contribution in [0.3, 0.4) is 0 Å². The first-order chi connectivity index (χ1) is 8.16. The summed E-state index contributed by atoms with van der Waals surface area (Å²) in [6, 6.07) is 14.8. The van der Waals surface area contributed by atoms with E-state index in [1.54, 1.807) is 0 Å². The SMILES string of the molecule is Cc1cc(C)c(NCc2ccccc2)c(Br)c1. The average Bonchev–Trinajstić information content (AvgIpc) is 2.29. The maximum Gasteiger partial charge on any atom is 0.0517 e. The van der Waals surface area contributed by atoms with Crippen molar-refractivity contribution in [2.45, 2.75) is 20.4 Å². The van der Waals surface area contributed by atoms with Crippen molar-refractivity contribution in [3.8, 4) is 0 Å². The van der Waals surface area contributed by atoms with Crippen molar-refractivity contribution in [1.29, 1.82) is 0 Å². The molecule has 0 aromatic heterocycles. The number of nitrogens with one attached hydrogen (secondary N) is 1. The van der Waals surface area contributed by atoms with Crippen LogP contribution in [0.4, 0.5) is 5.69 Å². The normalized spacial score (nSPS) is 10.3. The highest BCUT2D eigenvalue weighted by Crippen LogP contribution is 2.28. The van der Waals surface area contributed by atoms with Gasteiger partial charge in [-0.05, 0) is 52.5 Å². The van der Waals surface area contributed by atoms with Crippen LogP contribution >= 0.6 is 15.9 Å². The molecule has 0 saturated carbocycles. The molecule has 0 aliphatic heterocycles. The van der Waals surface area contributed by atoms with E-state index in [-0.39, 0.29) is 0 Å². The van der Waals surface area contributed by atoms with Crippen molar-refractivity contribution in [3.05, 3.63) is 63.6 Å². The highest BCUT2D eigenvalue weighted by Gasteiger charge is 2.04. The molecular formula is C15H16BrN. The van der Waals surface area contributed by atoms with Gasteiger partial charge in [-0.2, -0.15) is 0 Å². The second-order valence-corrected chi connectivity index (χ2v) is 5.13. The molecule has 0 atom stereocenters. The van der Waals surface area contributed by atoms with E-state index in [0.29, 0.717) is 0 Å². The third kappa shape index (κ3) is 3.10. The fourth-order valence-electron chi connectivity index (χ4n) is 1.93. The Labute approximate surface area is 111 Å². The van der Waals surface area contributed by atoms with Gasteiger partial charge in [-0.1, -0.05) is 36.4 Å². The maximum absolute atomic E-state index is 3.61. The number of rotatable bonds is 3. The Morgan fingerprint density at radius 3 is 2.41 bits per heavy atom. The van der Waals surface area contributed by atoms with Crippen LogP contribution in [0.25, 0.3) is 0 Å². The lowest BCUT2D eigenvalue weighted by atomic mass is 10.1. The Balaban J connectivity index is 2.15. The number of benzene rings is 2. The van der Waals surface area contributed by atoms with E-state index in [1.165, 1.54) is 22.4 Å². The van der Waals surface area contributed by atoms with Gasteiger partial charge in [0, 0.05) is 11.0 Å². The molecule has 0 unspecified atom stereocenters. The van der Waals surface area contributed by atoms with Crippen LogP contribution in [0.2, 0.25) is 0 Å². The van der Waals surface area contributed by atoms with Crippen LogP contribution in [0.15, 0.2) is 46.9 Å². The highest BCUT2D eigenvalue weighted by atomic mass is 79.9. The zero-order chi connectivity index (χ0) is 12.3. The first-order valence-corrected chi connectivity index (χ1v) is 6.50. The molecule has 1 nitrogen and oxygen atoms in total. The van der Waals surface area contributed by atoms with Crippen molar-refractivity contribution in [3.63, 3.8) is 0 Å². The third-order valence-corrected chi connectivity index (χ3v) is 3.37. The number of halogens is 1. The van der Waals surface area contributed by atoms with Gasteiger partial charge in [0.25, 0.3) is 0 Å². The fraction of sp³-hybridized carbons (Fsp3) is 0.200. The summed E-state index contributed by atoms with van der Waals surface area (Å²) in [6.45, 7) is 5.09. The molecule has 2 aromatic rings. The first kappa shape index (κ1) is 12.2. The van der Waals surface area contributed by atoms with E-state index in [4.69, 9.17) is 0 Å². The van der Waals surface area contributed by atoms with Crippen molar-refractivity contribution in [2.24, 2.45) is 0 Å². The number of hydrogen-bond acceptors (Lipinski definition) is 1. The fourth-order valence-corrected chi connectivity index (χ4v) is 2.74. The molecule has 88 valence electrons. The zero-order valence-corrected chi connectivity index (χ0v) is 11.7. The van der Waals surface area contributed by atoms with Gasteiger partial charge in [0.1, 0.15) is 0 Å². The van der Waals surface area contributed by atoms with E-state index in [1.807, 2.05) is 6.07 Å². The van der Waals surface area contributed by atoms with Gasteiger partial charge in [-0.3, -0.25) is 0 Å². The molecule has 0 aliphatic rings. The predicted molar refractivity (Wildman–Crippen MR) is 77.4 cm³/mol. The molecule has 0 aliphatic carbocycles. The van der Waals surface area contributed by atoms with Gasteiger partial charge in [0.2, 0.25) is 0 Å². The van der Waals surface area contributed by atoms with E-state index in [9.17, 15) is 0 Å².